The van der Waals surface area contributed by atoms with Gasteiger partial charge in [0.15, 0.2) is 8.38 Å². The van der Waals surface area contributed by atoms with E-state index in [0.29, 0.717) is 62.1 Å². The summed E-state index contributed by atoms with van der Waals surface area (Å²) in [5.74, 6) is -0.564. The lowest BCUT2D eigenvalue weighted by Gasteiger charge is -2.26. The maximum Gasteiger partial charge on any atom is 0.421 e. The summed E-state index contributed by atoms with van der Waals surface area (Å²) in [6, 6.07) is 8.16. The molecule has 0 unspecified atom stereocenters. The molecule has 5 rings (SSSR count). The minimum atomic E-state index is -4.79. The second-order valence-corrected chi connectivity index (χ2v) is 12.5. The molecule has 4 N–H and O–H groups in total. The molecule has 0 fully saturated rings. The van der Waals surface area contributed by atoms with Gasteiger partial charge >= 0.3 is 12.2 Å². The van der Waals surface area contributed by atoms with Gasteiger partial charge in [-0.15, -0.1) is 0 Å². The van der Waals surface area contributed by atoms with E-state index in [-0.39, 0.29) is 29.7 Å². The van der Waals surface area contributed by atoms with Gasteiger partial charge in [0.2, 0.25) is 5.95 Å². The number of primary amides is 1. The molecule has 3 aromatic rings. The third-order valence-electron chi connectivity index (χ3n) is 7.85. The number of nitrogens with zero attached hydrogens (tertiary/aromatic N) is 4. The summed E-state index contributed by atoms with van der Waals surface area (Å²) in [6.45, 7) is 5.82. The molecule has 0 spiro atoms. The molecule has 0 saturated carbocycles. The van der Waals surface area contributed by atoms with E-state index in [9.17, 15) is 22.8 Å². The first-order valence-corrected chi connectivity index (χ1v) is 16.6. The summed E-state index contributed by atoms with van der Waals surface area (Å²) >= 11 is 0. The van der Waals surface area contributed by atoms with E-state index in [2.05, 4.69) is 20.6 Å². The monoisotopic (exact) mass is 687 g/mol. The van der Waals surface area contributed by atoms with Crippen LogP contribution in [-0.2, 0) is 27.9 Å². The van der Waals surface area contributed by atoms with E-state index in [1.54, 1.807) is 31.3 Å². The van der Waals surface area contributed by atoms with Gasteiger partial charge < -0.3 is 40.0 Å². The van der Waals surface area contributed by atoms with Crippen molar-refractivity contribution in [2.24, 2.45) is 5.73 Å². The van der Waals surface area contributed by atoms with Gasteiger partial charge in [-0.3, -0.25) is 4.79 Å². The van der Waals surface area contributed by atoms with Crippen LogP contribution in [0.5, 0.6) is 5.75 Å². The van der Waals surface area contributed by atoms with Crippen LogP contribution in [0.15, 0.2) is 42.6 Å². The van der Waals surface area contributed by atoms with Crippen LogP contribution in [0, 0.1) is 0 Å². The zero-order valence-corrected chi connectivity index (χ0v) is 27.9. The van der Waals surface area contributed by atoms with Crippen molar-refractivity contribution in [3.63, 3.8) is 0 Å². The van der Waals surface area contributed by atoms with E-state index in [4.69, 9.17) is 19.5 Å². The SMILES string of the molecule is CCOP(Cc1ccc(Nc2ncc(C(F)(F)F)c(Nc3ccc(C4=CCN(C(N)=O)CC4)c4c3C(=O)N(C)C4)n2)c(OC)c1)OCC. The van der Waals surface area contributed by atoms with Crippen LogP contribution in [0.25, 0.3) is 5.57 Å². The van der Waals surface area contributed by atoms with E-state index in [1.807, 2.05) is 26.0 Å². The van der Waals surface area contributed by atoms with Gasteiger partial charge in [0, 0.05) is 39.0 Å². The number of halogens is 3. The predicted octanol–water partition coefficient (Wildman–Crippen LogP) is 6.63. The molecule has 12 nitrogen and oxygen atoms in total. The van der Waals surface area contributed by atoms with Gasteiger partial charge in [-0.25, -0.2) is 9.78 Å². The molecule has 2 aromatic carbocycles. The van der Waals surface area contributed by atoms with E-state index < -0.39 is 32.0 Å². The molecule has 2 aliphatic heterocycles. The predicted molar refractivity (Wildman–Crippen MR) is 176 cm³/mol. The molecule has 0 radical (unpaired) electrons. The molecular weight excluding hydrogens is 650 g/mol. The number of methoxy groups -OCH3 is 1. The number of amides is 3. The number of nitrogens with one attached hydrogen (secondary N) is 2. The van der Waals surface area contributed by atoms with Gasteiger partial charge in [-0.05, 0) is 60.7 Å². The van der Waals surface area contributed by atoms with E-state index >= 15 is 0 Å². The fourth-order valence-electron chi connectivity index (χ4n) is 5.57. The summed E-state index contributed by atoms with van der Waals surface area (Å²) in [4.78, 5) is 36.0. The summed E-state index contributed by atoms with van der Waals surface area (Å²) in [5, 5.41) is 5.75. The lowest BCUT2D eigenvalue weighted by atomic mass is 9.92. The number of anilines is 4. The standard InChI is InChI=1S/C32H37F3N7O5P/c1-5-46-48(47-6-2)18-19-7-9-24(26(15-19)45-4)39-31-37-16-23(32(33,34)35)28(40-31)38-25-10-8-21(22-17-41(3)29(43)27(22)25)20-11-13-42(14-12-20)30(36)44/h7-11,15-16H,5-6,12-14,17-18H2,1-4H3,(H2,36,44)(H2,37,38,39,40). The number of rotatable bonds is 12. The smallest absolute Gasteiger partial charge is 0.421 e. The lowest BCUT2D eigenvalue weighted by molar-refractivity contribution is -0.137. The number of fused-ring (bicyclic) bond motifs is 1. The van der Waals surface area contributed by atoms with Crippen LogP contribution in [0.4, 0.5) is 41.1 Å². The van der Waals surface area contributed by atoms with Crippen molar-refractivity contribution in [2.75, 3.05) is 51.1 Å². The average Bonchev–Trinajstić information content (AvgIpc) is 3.35. The second-order valence-electron chi connectivity index (χ2n) is 11.0. The Kier molecular flexibility index (Phi) is 10.7. The summed E-state index contributed by atoms with van der Waals surface area (Å²) in [5.41, 5.74) is 8.46. The Bertz CT molecular complexity index is 1720. The fourth-order valence-corrected chi connectivity index (χ4v) is 6.90. The summed E-state index contributed by atoms with van der Waals surface area (Å²) in [7, 11) is 1.97. The van der Waals surface area contributed by atoms with Crippen molar-refractivity contribution in [3.05, 3.63) is 70.4 Å². The molecule has 256 valence electrons. The topological polar surface area (TPSA) is 144 Å². The number of hydrogen-bond donors (Lipinski definition) is 3. The zero-order chi connectivity index (χ0) is 34.6. The van der Waals surface area contributed by atoms with Crippen LogP contribution in [0.1, 0.15) is 52.9 Å². The molecule has 0 aliphatic carbocycles. The van der Waals surface area contributed by atoms with Crippen LogP contribution in [0.2, 0.25) is 0 Å². The Morgan fingerprint density at radius 2 is 1.83 bits per heavy atom. The molecule has 16 heteroatoms. The third-order valence-corrected chi connectivity index (χ3v) is 9.57. The molecule has 3 amide bonds. The number of hydrogen-bond acceptors (Lipinski definition) is 9. The lowest BCUT2D eigenvalue weighted by Crippen LogP contribution is -2.38. The van der Waals surface area contributed by atoms with Gasteiger partial charge in [0.05, 0.1) is 37.3 Å². The summed E-state index contributed by atoms with van der Waals surface area (Å²) < 4.78 is 59.5. The fraction of sp³-hybridized carbons (Fsp3) is 0.375. The molecule has 3 heterocycles. The maximum atomic E-state index is 14.2. The van der Waals surface area contributed by atoms with Crippen LogP contribution >= 0.6 is 8.38 Å². The Balaban J connectivity index is 1.46. The van der Waals surface area contributed by atoms with Crippen molar-refractivity contribution < 1.29 is 36.5 Å². The first-order chi connectivity index (χ1) is 22.9. The van der Waals surface area contributed by atoms with Crippen molar-refractivity contribution in [1.29, 1.82) is 0 Å². The Hall–Kier alpha value is -4.46. The van der Waals surface area contributed by atoms with Crippen molar-refractivity contribution >= 4 is 49.0 Å². The van der Waals surface area contributed by atoms with E-state index in [0.717, 1.165) is 16.7 Å². The maximum absolute atomic E-state index is 14.2. The van der Waals surface area contributed by atoms with E-state index in [1.165, 1.54) is 16.9 Å². The Morgan fingerprint density at radius 3 is 2.46 bits per heavy atom. The normalized spacial score (nSPS) is 14.7. The number of urea groups is 1. The van der Waals surface area contributed by atoms with Gasteiger partial charge in [0.1, 0.15) is 17.1 Å². The summed E-state index contributed by atoms with van der Waals surface area (Å²) in [6.07, 6.45) is -1.18. The highest BCUT2D eigenvalue weighted by Gasteiger charge is 2.37. The third kappa shape index (κ3) is 7.64. The Labute approximate surface area is 277 Å². The molecule has 0 bridgehead atoms. The minimum absolute atomic E-state index is 0.120. The van der Waals surface area contributed by atoms with Crippen molar-refractivity contribution in [2.45, 2.75) is 39.2 Å². The Morgan fingerprint density at radius 1 is 1.10 bits per heavy atom. The first kappa shape index (κ1) is 34.9. The first-order valence-electron chi connectivity index (χ1n) is 15.3. The number of nitrogens with two attached hydrogens (primary N) is 1. The highest BCUT2D eigenvalue weighted by molar-refractivity contribution is 7.46. The quantitative estimate of drug-likeness (QED) is 0.179. The number of benzene rings is 2. The molecule has 48 heavy (non-hydrogen) atoms. The zero-order valence-electron chi connectivity index (χ0n) is 27.0. The average molecular weight is 688 g/mol. The molecule has 2 aliphatic rings. The van der Waals surface area contributed by atoms with Crippen LogP contribution < -0.4 is 21.1 Å². The number of carbonyl (C=O) groups excluding carboxylic acids is 2. The van der Waals surface area contributed by atoms with Gasteiger partial charge in [-0.1, -0.05) is 18.2 Å². The minimum Gasteiger partial charge on any atom is -0.495 e. The van der Waals surface area contributed by atoms with Crippen molar-refractivity contribution in [3.8, 4) is 5.75 Å². The van der Waals surface area contributed by atoms with Gasteiger partial charge in [-0.2, -0.15) is 18.2 Å². The van der Waals surface area contributed by atoms with Crippen LogP contribution in [-0.4, -0.2) is 72.2 Å². The molecule has 0 saturated heterocycles. The number of ether oxygens (including phenoxy) is 1. The second kappa shape index (κ2) is 14.8. The number of aromatic nitrogens is 2. The van der Waals surface area contributed by atoms with Gasteiger partial charge in [0.25, 0.3) is 5.91 Å². The molecule has 0 atom stereocenters. The molecule has 1 aromatic heterocycles. The number of carbonyl (C=O) groups is 2. The molecular formula is C32H37F3N7O5P. The van der Waals surface area contributed by atoms with Crippen LogP contribution in [0.3, 0.4) is 0 Å². The highest BCUT2D eigenvalue weighted by atomic mass is 31.2. The van der Waals surface area contributed by atoms with Crippen molar-refractivity contribution in [1.82, 2.24) is 19.8 Å². The largest absolute Gasteiger partial charge is 0.495 e. The highest BCUT2D eigenvalue weighted by Crippen LogP contribution is 2.44. The number of alkyl halides is 3.